The van der Waals surface area contributed by atoms with E-state index in [1.807, 2.05) is 18.2 Å². The Labute approximate surface area is 126 Å². The molecule has 3 rings (SSSR count). The molecule has 2 bridgehead atoms. The number of fused-ring (bicyclic) bond motifs is 2. The first-order chi connectivity index (χ1) is 9.90. The van der Waals surface area contributed by atoms with E-state index < -0.39 is 5.79 Å². The third kappa shape index (κ3) is 2.19. The molecule has 2 aliphatic rings. The lowest BCUT2D eigenvalue weighted by atomic mass is 9.74. The summed E-state index contributed by atoms with van der Waals surface area (Å²) in [5.74, 6) is 0.0811. The van der Waals surface area contributed by atoms with Crippen molar-refractivity contribution in [2.75, 3.05) is 0 Å². The molecule has 1 aromatic rings. The third-order valence-corrected chi connectivity index (χ3v) is 5.16. The van der Waals surface area contributed by atoms with E-state index in [-0.39, 0.29) is 23.4 Å². The fraction of sp³-hybridized carbons (Fsp3) is 0.556. The molecule has 2 saturated heterocycles. The lowest BCUT2D eigenvalue weighted by Gasteiger charge is -2.42. The summed E-state index contributed by atoms with van der Waals surface area (Å²) < 4.78 is 12.8. The van der Waals surface area contributed by atoms with E-state index in [1.165, 1.54) is 0 Å². The lowest BCUT2D eigenvalue weighted by molar-refractivity contribution is -0.235. The van der Waals surface area contributed by atoms with E-state index in [2.05, 4.69) is 27.4 Å². The van der Waals surface area contributed by atoms with Crippen molar-refractivity contribution in [2.45, 2.75) is 51.6 Å². The molecule has 4 atom stereocenters. The van der Waals surface area contributed by atoms with E-state index >= 15 is 0 Å². The summed E-state index contributed by atoms with van der Waals surface area (Å²) in [6, 6.07) is 7.24. The smallest absolute Gasteiger partial charge is 0.172 e. The van der Waals surface area contributed by atoms with Gasteiger partial charge in [0.05, 0.1) is 0 Å². The molecule has 114 valence electrons. The van der Waals surface area contributed by atoms with Crippen LogP contribution in [-0.2, 0) is 9.47 Å². The zero-order valence-corrected chi connectivity index (χ0v) is 13.0. The van der Waals surface area contributed by atoms with Gasteiger partial charge >= 0.3 is 0 Å². The molecule has 21 heavy (non-hydrogen) atoms. The van der Waals surface area contributed by atoms with Gasteiger partial charge in [0.15, 0.2) is 5.79 Å². The van der Waals surface area contributed by atoms with Gasteiger partial charge in [-0.15, -0.1) is 6.58 Å². The van der Waals surface area contributed by atoms with Crippen molar-refractivity contribution in [1.29, 1.82) is 0 Å². The van der Waals surface area contributed by atoms with Crippen molar-refractivity contribution in [2.24, 2.45) is 11.3 Å². The minimum absolute atomic E-state index is 0.0318. The number of benzene rings is 1. The van der Waals surface area contributed by atoms with Crippen molar-refractivity contribution in [3.63, 3.8) is 0 Å². The zero-order chi connectivity index (χ0) is 15.3. The summed E-state index contributed by atoms with van der Waals surface area (Å²) in [5, 5.41) is 9.49. The second-order valence-corrected chi connectivity index (χ2v) is 6.84. The van der Waals surface area contributed by atoms with Crippen LogP contribution in [0.1, 0.15) is 45.3 Å². The molecule has 0 aromatic heterocycles. The average molecular weight is 288 g/mol. The van der Waals surface area contributed by atoms with Crippen molar-refractivity contribution >= 4 is 0 Å². The van der Waals surface area contributed by atoms with Crippen molar-refractivity contribution in [1.82, 2.24) is 0 Å². The van der Waals surface area contributed by atoms with Crippen LogP contribution in [0.3, 0.4) is 0 Å². The molecule has 0 spiro atoms. The van der Waals surface area contributed by atoms with Gasteiger partial charge in [-0.25, -0.2) is 0 Å². The quantitative estimate of drug-likeness (QED) is 0.848. The van der Waals surface area contributed by atoms with E-state index in [4.69, 9.17) is 9.47 Å². The second kappa shape index (κ2) is 4.85. The molecule has 0 amide bonds. The number of hydrogen-bond acceptors (Lipinski definition) is 3. The van der Waals surface area contributed by atoms with Crippen molar-refractivity contribution in [3.8, 4) is 5.75 Å². The highest BCUT2D eigenvalue weighted by Gasteiger charge is 2.59. The molecular weight excluding hydrogens is 264 g/mol. The van der Waals surface area contributed by atoms with E-state index in [0.29, 0.717) is 5.92 Å². The Hall–Kier alpha value is -1.32. The van der Waals surface area contributed by atoms with Gasteiger partial charge in [0.1, 0.15) is 18.0 Å². The first-order valence-corrected chi connectivity index (χ1v) is 7.68. The zero-order valence-electron chi connectivity index (χ0n) is 13.0. The molecule has 0 radical (unpaired) electrons. The Balaban J connectivity index is 2.00. The molecule has 1 aromatic carbocycles. The summed E-state index contributed by atoms with van der Waals surface area (Å²) in [5.41, 5.74) is 0.965. The van der Waals surface area contributed by atoms with E-state index in [9.17, 15) is 5.11 Å². The maximum Gasteiger partial charge on any atom is 0.172 e. The van der Waals surface area contributed by atoms with Crippen molar-refractivity contribution in [3.05, 3.63) is 42.5 Å². The fourth-order valence-corrected chi connectivity index (χ4v) is 3.45. The van der Waals surface area contributed by atoms with Crippen LogP contribution < -0.4 is 0 Å². The predicted molar refractivity (Wildman–Crippen MR) is 81.9 cm³/mol. The maximum absolute atomic E-state index is 9.49. The van der Waals surface area contributed by atoms with Gasteiger partial charge < -0.3 is 14.6 Å². The van der Waals surface area contributed by atoms with Crippen LogP contribution >= 0.6 is 0 Å². The fourth-order valence-electron chi connectivity index (χ4n) is 3.45. The first-order valence-electron chi connectivity index (χ1n) is 7.68. The number of phenolic OH excluding ortho intramolecular Hbond substituents is 1. The number of phenols is 1. The van der Waals surface area contributed by atoms with E-state index in [1.54, 1.807) is 12.1 Å². The Bertz CT molecular complexity index is 536. The largest absolute Gasteiger partial charge is 0.508 e. The third-order valence-electron chi connectivity index (χ3n) is 5.16. The van der Waals surface area contributed by atoms with Gasteiger partial charge in [0.25, 0.3) is 0 Å². The molecule has 0 saturated carbocycles. The summed E-state index contributed by atoms with van der Waals surface area (Å²) >= 11 is 0. The Morgan fingerprint density at radius 3 is 2.48 bits per heavy atom. The highest BCUT2D eigenvalue weighted by atomic mass is 16.8. The second-order valence-electron chi connectivity index (χ2n) is 6.84. The van der Waals surface area contributed by atoms with Gasteiger partial charge in [-0.3, -0.25) is 0 Å². The van der Waals surface area contributed by atoms with Crippen LogP contribution in [0.4, 0.5) is 0 Å². The number of ether oxygens (including phenoxy) is 2. The highest BCUT2D eigenvalue weighted by molar-refractivity contribution is 5.30. The van der Waals surface area contributed by atoms with Gasteiger partial charge in [0, 0.05) is 17.8 Å². The summed E-state index contributed by atoms with van der Waals surface area (Å²) in [7, 11) is 0. The van der Waals surface area contributed by atoms with Crippen LogP contribution in [0.5, 0.6) is 5.75 Å². The molecule has 2 unspecified atom stereocenters. The predicted octanol–water partition coefficient (Wildman–Crippen LogP) is 4.19. The van der Waals surface area contributed by atoms with Gasteiger partial charge in [-0.05, 0) is 24.1 Å². The SMILES string of the molecule is C=C[C@]1(C)CC[C@]2(C(C)C)OC(c3ccc(O)cc3)C1O2. The standard InChI is InChI=1S/C18H24O3/c1-5-17(4)10-11-18(12(2)3)20-15(16(17)21-18)13-6-8-14(19)9-7-13/h5-9,12,15-16,19H,1,10-11H2,2-4H3/t15?,16?,17-,18+/m1/s1. The number of aromatic hydroxyl groups is 1. The minimum Gasteiger partial charge on any atom is -0.508 e. The number of hydrogen-bond donors (Lipinski definition) is 1. The Kier molecular flexibility index (Phi) is 3.38. The normalized spacial score (nSPS) is 38.7. The van der Waals surface area contributed by atoms with Gasteiger partial charge in [0.2, 0.25) is 0 Å². The van der Waals surface area contributed by atoms with Crippen molar-refractivity contribution < 1.29 is 14.6 Å². The summed E-state index contributed by atoms with van der Waals surface area (Å²) in [6.07, 6.45) is 3.77. The molecule has 0 aliphatic carbocycles. The Morgan fingerprint density at radius 1 is 1.24 bits per heavy atom. The topological polar surface area (TPSA) is 38.7 Å². The molecule has 3 heteroatoms. The summed E-state index contributed by atoms with van der Waals surface area (Å²) in [6.45, 7) is 10.5. The molecule has 1 N–H and O–H groups in total. The van der Waals surface area contributed by atoms with Crippen LogP contribution in [0, 0.1) is 11.3 Å². The monoisotopic (exact) mass is 288 g/mol. The minimum atomic E-state index is -0.490. The first kappa shape index (κ1) is 14.6. The van der Waals surface area contributed by atoms with Crippen LogP contribution in [0.2, 0.25) is 0 Å². The molecular formula is C18H24O3. The molecule has 2 aliphatic heterocycles. The lowest BCUT2D eigenvalue weighted by Crippen LogP contribution is -2.46. The maximum atomic E-state index is 9.49. The molecule has 3 nitrogen and oxygen atoms in total. The molecule has 2 heterocycles. The van der Waals surface area contributed by atoms with Gasteiger partial charge in [-0.2, -0.15) is 0 Å². The molecule has 2 fully saturated rings. The van der Waals surface area contributed by atoms with E-state index in [0.717, 1.165) is 18.4 Å². The van der Waals surface area contributed by atoms with Crippen LogP contribution in [0.15, 0.2) is 36.9 Å². The number of rotatable bonds is 3. The average Bonchev–Trinajstić information content (AvgIpc) is 2.82. The highest BCUT2D eigenvalue weighted by Crippen LogP contribution is 2.56. The van der Waals surface area contributed by atoms with Gasteiger partial charge in [-0.1, -0.05) is 39.0 Å². The Morgan fingerprint density at radius 2 is 1.90 bits per heavy atom. The summed E-state index contributed by atoms with van der Waals surface area (Å²) in [4.78, 5) is 0. The van der Waals surface area contributed by atoms with Crippen LogP contribution in [-0.4, -0.2) is 17.0 Å². The van der Waals surface area contributed by atoms with Crippen LogP contribution in [0.25, 0.3) is 0 Å².